The molecule has 3 aromatic heterocycles. The van der Waals surface area contributed by atoms with Gasteiger partial charge in [0.2, 0.25) is 22.8 Å². The third kappa shape index (κ3) is 3.50. The molecule has 3 aromatic rings. The highest BCUT2D eigenvalue weighted by Crippen LogP contribution is 2.21. The third-order valence-corrected chi connectivity index (χ3v) is 4.17. The molecule has 0 saturated heterocycles. The number of hydrogen-bond acceptors (Lipinski definition) is 8. The number of thiophene rings is 1. The van der Waals surface area contributed by atoms with E-state index in [2.05, 4.69) is 25.7 Å². The van der Waals surface area contributed by atoms with Gasteiger partial charge >= 0.3 is 0 Å². The first kappa shape index (κ1) is 13.8. The second-order valence-corrected chi connectivity index (χ2v) is 6.29. The molecule has 0 unspecified atom stereocenters. The molecule has 1 amide bonds. The Morgan fingerprint density at radius 1 is 1.43 bits per heavy atom. The molecule has 3 rings (SSSR count). The highest BCUT2D eigenvalue weighted by Gasteiger charge is 2.12. The lowest BCUT2D eigenvalue weighted by molar-refractivity contribution is -0.116. The average Bonchev–Trinajstić information content (AvgIpc) is 3.17. The smallest absolute Gasteiger partial charge is 0.227 e. The molecule has 0 atom stereocenters. The topological polar surface area (TPSA) is 93.8 Å². The molecule has 0 aliphatic heterocycles. The molecule has 0 saturated carbocycles. The van der Waals surface area contributed by atoms with Crippen LogP contribution in [0.1, 0.15) is 17.3 Å². The van der Waals surface area contributed by atoms with Crippen LogP contribution in [0.2, 0.25) is 0 Å². The van der Waals surface area contributed by atoms with E-state index in [0.717, 1.165) is 9.88 Å². The summed E-state index contributed by atoms with van der Waals surface area (Å²) in [6.07, 6.45) is 0.646. The van der Waals surface area contributed by atoms with Gasteiger partial charge in [-0.05, 0) is 18.4 Å². The molecule has 0 radical (unpaired) electrons. The van der Waals surface area contributed by atoms with Crippen molar-refractivity contribution in [2.45, 2.75) is 19.8 Å². The maximum atomic E-state index is 11.8. The Balaban J connectivity index is 1.54. The monoisotopic (exact) mass is 321 g/mol. The van der Waals surface area contributed by atoms with Gasteiger partial charge in [-0.2, -0.15) is 4.98 Å². The molecule has 0 spiro atoms. The van der Waals surface area contributed by atoms with Gasteiger partial charge in [-0.25, -0.2) is 0 Å². The summed E-state index contributed by atoms with van der Waals surface area (Å²) in [5.74, 6) is 0.851. The van der Waals surface area contributed by atoms with Gasteiger partial charge in [-0.15, -0.1) is 21.5 Å². The molecular formula is C12H11N5O2S2. The van der Waals surface area contributed by atoms with Crippen molar-refractivity contribution in [2.75, 3.05) is 5.32 Å². The zero-order valence-electron chi connectivity index (χ0n) is 11.1. The van der Waals surface area contributed by atoms with Gasteiger partial charge in [0.15, 0.2) is 0 Å². The van der Waals surface area contributed by atoms with E-state index in [-0.39, 0.29) is 12.3 Å². The normalized spacial score (nSPS) is 10.7. The van der Waals surface area contributed by atoms with Crippen LogP contribution < -0.4 is 5.32 Å². The number of amides is 1. The number of hydrogen-bond donors (Lipinski definition) is 1. The number of carbonyl (C=O) groups excluding carboxylic acids is 1. The SMILES string of the molecule is Cc1nnc(NC(=O)CCc2nc(-c3cccs3)no2)s1. The molecule has 3 heterocycles. The van der Waals surface area contributed by atoms with Crippen molar-refractivity contribution in [3.05, 3.63) is 28.4 Å². The molecule has 0 aromatic carbocycles. The molecule has 21 heavy (non-hydrogen) atoms. The fourth-order valence-corrected chi connectivity index (χ4v) is 2.87. The zero-order valence-corrected chi connectivity index (χ0v) is 12.7. The largest absolute Gasteiger partial charge is 0.339 e. The van der Waals surface area contributed by atoms with Crippen LogP contribution in [0.4, 0.5) is 5.13 Å². The van der Waals surface area contributed by atoms with Crippen LogP contribution in [-0.2, 0) is 11.2 Å². The fraction of sp³-hybridized carbons (Fsp3) is 0.250. The van der Waals surface area contributed by atoms with Crippen molar-refractivity contribution in [1.82, 2.24) is 20.3 Å². The highest BCUT2D eigenvalue weighted by molar-refractivity contribution is 7.15. The second kappa shape index (κ2) is 6.10. The van der Waals surface area contributed by atoms with Crippen molar-refractivity contribution in [2.24, 2.45) is 0 Å². The molecule has 9 heteroatoms. The molecule has 0 aliphatic carbocycles. The summed E-state index contributed by atoms with van der Waals surface area (Å²) in [5.41, 5.74) is 0. The summed E-state index contributed by atoms with van der Waals surface area (Å²) < 4.78 is 5.13. The highest BCUT2D eigenvalue weighted by atomic mass is 32.1. The van der Waals surface area contributed by atoms with Crippen molar-refractivity contribution in [3.8, 4) is 10.7 Å². The van der Waals surface area contributed by atoms with Crippen molar-refractivity contribution in [3.63, 3.8) is 0 Å². The fourth-order valence-electron chi connectivity index (χ4n) is 1.61. The van der Waals surface area contributed by atoms with E-state index in [0.29, 0.717) is 23.3 Å². The Labute approximate surface area is 128 Å². The van der Waals surface area contributed by atoms with Gasteiger partial charge in [-0.1, -0.05) is 22.6 Å². The lowest BCUT2D eigenvalue weighted by Crippen LogP contribution is -2.12. The second-order valence-electron chi connectivity index (χ2n) is 4.16. The van der Waals surface area contributed by atoms with Gasteiger partial charge < -0.3 is 9.84 Å². The van der Waals surface area contributed by atoms with E-state index in [9.17, 15) is 4.79 Å². The number of aryl methyl sites for hydroxylation is 2. The van der Waals surface area contributed by atoms with Crippen molar-refractivity contribution < 1.29 is 9.32 Å². The van der Waals surface area contributed by atoms with Crippen LogP contribution in [0.3, 0.4) is 0 Å². The first-order chi connectivity index (χ1) is 10.2. The standard InChI is InChI=1S/C12H11N5O2S2/c1-7-15-16-12(21-7)13-9(18)4-5-10-14-11(17-19-10)8-3-2-6-20-8/h2-3,6H,4-5H2,1H3,(H,13,16,18). The minimum atomic E-state index is -0.151. The molecule has 7 nitrogen and oxygen atoms in total. The van der Waals surface area contributed by atoms with Crippen molar-refractivity contribution >= 4 is 33.7 Å². The van der Waals surface area contributed by atoms with Crippen LogP contribution in [0.15, 0.2) is 22.0 Å². The molecular weight excluding hydrogens is 310 g/mol. The predicted molar refractivity (Wildman–Crippen MR) is 79.2 cm³/mol. The predicted octanol–water partition coefficient (Wildman–Crippen LogP) is 2.53. The molecule has 1 N–H and O–H groups in total. The van der Waals surface area contributed by atoms with Gasteiger partial charge in [0, 0.05) is 12.8 Å². The number of aromatic nitrogens is 4. The first-order valence-corrected chi connectivity index (χ1v) is 7.87. The lowest BCUT2D eigenvalue weighted by atomic mass is 10.3. The Morgan fingerprint density at radius 2 is 2.33 bits per heavy atom. The van der Waals surface area contributed by atoms with Crippen LogP contribution in [0.5, 0.6) is 0 Å². The minimum absolute atomic E-state index is 0.151. The van der Waals surface area contributed by atoms with Crippen LogP contribution >= 0.6 is 22.7 Å². The van der Waals surface area contributed by atoms with Gasteiger partial charge in [-0.3, -0.25) is 4.79 Å². The molecule has 108 valence electrons. The summed E-state index contributed by atoms with van der Waals surface area (Å²) in [6, 6.07) is 3.84. The van der Waals surface area contributed by atoms with Crippen molar-refractivity contribution in [1.29, 1.82) is 0 Å². The van der Waals surface area contributed by atoms with Crippen LogP contribution in [0, 0.1) is 6.92 Å². The minimum Gasteiger partial charge on any atom is -0.339 e. The molecule has 0 fully saturated rings. The van der Waals surface area contributed by atoms with E-state index in [1.54, 1.807) is 0 Å². The first-order valence-electron chi connectivity index (χ1n) is 6.17. The quantitative estimate of drug-likeness (QED) is 0.776. The summed E-state index contributed by atoms with van der Waals surface area (Å²) in [7, 11) is 0. The third-order valence-electron chi connectivity index (χ3n) is 2.55. The summed E-state index contributed by atoms with van der Waals surface area (Å²) in [5, 5.41) is 17.5. The Bertz CT molecular complexity index is 735. The van der Waals surface area contributed by atoms with Crippen LogP contribution in [-0.4, -0.2) is 26.2 Å². The van der Waals surface area contributed by atoms with Gasteiger partial charge in [0.05, 0.1) is 4.88 Å². The summed E-state index contributed by atoms with van der Waals surface area (Å²) in [6.45, 7) is 1.83. The van der Waals surface area contributed by atoms with E-state index in [1.807, 2.05) is 24.4 Å². The summed E-state index contributed by atoms with van der Waals surface area (Å²) in [4.78, 5) is 17.0. The number of nitrogens with one attached hydrogen (secondary N) is 1. The number of rotatable bonds is 5. The summed E-state index contributed by atoms with van der Waals surface area (Å²) >= 11 is 2.88. The van der Waals surface area contributed by atoms with Gasteiger partial charge in [0.1, 0.15) is 5.01 Å². The van der Waals surface area contributed by atoms with E-state index in [1.165, 1.54) is 22.7 Å². The molecule has 0 bridgehead atoms. The van der Waals surface area contributed by atoms with Gasteiger partial charge in [0.25, 0.3) is 0 Å². The Morgan fingerprint density at radius 3 is 3.05 bits per heavy atom. The number of carbonyl (C=O) groups is 1. The van der Waals surface area contributed by atoms with E-state index in [4.69, 9.17) is 4.52 Å². The maximum Gasteiger partial charge on any atom is 0.227 e. The molecule has 0 aliphatic rings. The zero-order chi connectivity index (χ0) is 14.7. The van der Waals surface area contributed by atoms with E-state index < -0.39 is 0 Å². The maximum absolute atomic E-state index is 11.8. The Hall–Kier alpha value is -2.13. The number of nitrogens with zero attached hydrogens (tertiary/aromatic N) is 4. The number of anilines is 1. The average molecular weight is 321 g/mol. The van der Waals surface area contributed by atoms with Crippen LogP contribution in [0.25, 0.3) is 10.7 Å². The van der Waals surface area contributed by atoms with E-state index >= 15 is 0 Å². The Kier molecular flexibility index (Phi) is 4.02. The lowest BCUT2D eigenvalue weighted by Gasteiger charge is -1.97.